The smallest absolute Gasteiger partial charge is 0.0716 e. The minimum absolute atomic E-state index is 1.03. The highest BCUT2D eigenvalue weighted by Gasteiger charge is 2.16. The first kappa shape index (κ1) is 18.5. The van der Waals surface area contributed by atoms with Crippen molar-refractivity contribution in [2.45, 2.75) is 0 Å². The Hall–Kier alpha value is -4.08. The summed E-state index contributed by atoms with van der Waals surface area (Å²) >= 11 is 1.84. The molecular formula is C30H18N2S. The molecule has 0 atom stereocenters. The van der Waals surface area contributed by atoms with Crippen molar-refractivity contribution < 1.29 is 0 Å². The number of pyridine rings is 2. The van der Waals surface area contributed by atoms with E-state index in [0.29, 0.717) is 0 Å². The summed E-state index contributed by atoms with van der Waals surface area (Å²) in [5.41, 5.74) is 6.63. The third kappa shape index (κ3) is 2.86. The van der Waals surface area contributed by atoms with Crippen molar-refractivity contribution in [2.75, 3.05) is 0 Å². The summed E-state index contributed by atoms with van der Waals surface area (Å²) in [5, 5.41) is 4.76. The number of para-hydroxylation sites is 4. The van der Waals surface area contributed by atoms with Crippen LogP contribution in [0, 0.1) is 0 Å². The molecule has 7 rings (SSSR count). The molecule has 0 aliphatic carbocycles. The maximum Gasteiger partial charge on any atom is 0.0716 e. The lowest BCUT2D eigenvalue weighted by Gasteiger charge is -2.10. The van der Waals surface area contributed by atoms with Gasteiger partial charge in [0.2, 0.25) is 0 Å². The standard InChI is InChI=1S/C30H18N2S/c1-5-13-23-19(9-1)29(20-10-2-6-14-24(20)31-23)27-17-18-28(33-27)30-21-11-3-7-15-25(21)32-26-16-8-4-12-22(26)30/h1-18H. The predicted octanol–water partition coefficient (Wildman–Crippen LogP) is 8.48. The van der Waals surface area contributed by atoms with Crippen LogP contribution in [0.4, 0.5) is 0 Å². The van der Waals surface area contributed by atoms with E-state index in [1.54, 1.807) is 0 Å². The SMILES string of the molecule is c1ccc2c(-c3ccc(-c4c5ccccc5nc5ccccc45)s3)c3ccccc3nc2c1. The van der Waals surface area contributed by atoms with E-state index in [-0.39, 0.29) is 0 Å². The van der Waals surface area contributed by atoms with Crippen LogP contribution in [-0.4, -0.2) is 9.97 Å². The van der Waals surface area contributed by atoms with Gasteiger partial charge in [0.05, 0.1) is 22.1 Å². The van der Waals surface area contributed by atoms with E-state index in [2.05, 4.69) is 109 Å². The number of fused-ring (bicyclic) bond motifs is 4. The zero-order chi connectivity index (χ0) is 21.8. The van der Waals surface area contributed by atoms with Crippen LogP contribution < -0.4 is 0 Å². The largest absolute Gasteiger partial charge is 0.248 e. The summed E-state index contributed by atoms with van der Waals surface area (Å²) in [6.45, 7) is 0. The monoisotopic (exact) mass is 438 g/mol. The summed E-state index contributed by atoms with van der Waals surface area (Å²) < 4.78 is 0. The molecule has 0 saturated heterocycles. The molecule has 154 valence electrons. The second-order valence-electron chi connectivity index (χ2n) is 8.21. The van der Waals surface area contributed by atoms with Crippen molar-refractivity contribution in [3.8, 4) is 20.9 Å². The first-order valence-corrected chi connectivity index (χ1v) is 11.8. The Labute approximate surface area is 194 Å². The van der Waals surface area contributed by atoms with Gasteiger partial charge in [-0.05, 0) is 36.4 Å². The van der Waals surface area contributed by atoms with Crippen LogP contribution in [0.2, 0.25) is 0 Å². The molecule has 0 aliphatic heterocycles. The van der Waals surface area contributed by atoms with E-state index in [1.165, 1.54) is 42.4 Å². The van der Waals surface area contributed by atoms with Crippen LogP contribution in [0.5, 0.6) is 0 Å². The second-order valence-corrected chi connectivity index (χ2v) is 9.29. The van der Waals surface area contributed by atoms with Crippen molar-refractivity contribution >= 4 is 54.9 Å². The Balaban J connectivity index is 1.55. The topological polar surface area (TPSA) is 25.8 Å². The van der Waals surface area contributed by atoms with Gasteiger partial charge in [0.25, 0.3) is 0 Å². The van der Waals surface area contributed by atoms with E-state index in [9.17, 15) is 0 Å². The van der Waals surface area contributed by atoms with Crippen LogP contribution in [0.25, 0.3) is 64.5 Å². The molecule has 0 bridgehead atoms. The number of aromatic nitrogens is 2. The normalized spacial score (nSPS) is 11.6. The van der Waals surface area contributed by atoms with Gasteiger partial charge in [-0.2, -0.15) is 0 Å². The van der Waals surface area contributed by atoms with Gasteiger partial charge in [-0.15, -0.1) is 11.3 Å². The highest BCUT2D eigenvalue weighted by atomic mass is 32.1. The fourth-order valence-corrected chi connectivity index (χ4v) is 5.97. The van der Waals surface area contributed by atoms with E-state index in [4.69, 9.17) is 9.97 Å². The molecule has 3 heterocycles. The van der Waals surface area contributed by atoms with Gasteiger partial charge in [-0.25, -0.2) is 9.97 Å². The average molecular weight is 439 g/mol. The van der Waals surface area contributed by atoms with Gasteiger partial charge < -0.3 is 0 Å². The molecule has 3 aromatic heterocycles. The Morgan fingerprint density at radius 2 is 0.667 bits per heavy atom. The van der Waals surface area contributed by atoms with Gasteiger partial charge in [0, 0.05) is 42.4 Å². The average Bonchev–Trinajstić information content (AvgIpc) is 3.35. The first-order valence-electron chi connectivity index (χ1n) is 11.0. The number of hydrogen-bond acceptors (Lipinski definition) is 3. The number of thiophene rings is 1. The molecule has 0 spiro atoms. The van der Waals surface area contributed by atoms with Crippen LogP contribution >= 0.6 is 11.3 Å². The lowest BCUT2D eigenvalue weighted by molar-refractivity contribution is 1.50. The predicted molar refractivity (Wildman–Crippen MR) is 141 cm³/mol. The zero-order valence-corrected chi connectivity index (χ0v) is 18.5. The van der Waals surface area contributed by atoms with E-state index < -0.39 is 0 Å². The molecule has 0 amide bonds. The summed E-state index contributed by atoms with van der Waals surface area (Å²) in [5.74, 6) is 0. The molecule has 7 aromatic rings. The molecule has 33 heavy (non-hydrogen) atoms. The summed E-state index contributed by atoms with van der Waals surface area (Å²) in [6.07, 6.45) is 0. The number of nitrogens with zero attached hydrogens (tertiary/aromatic N) is 2. The fourth-order valence-electron chi connectivity index (χ4n) is 4.82. The van der Waals surface area contributed by atoms with Gasteiger partial charge in [0.1, 0.15) is 0 Å². The van der Waals surface area contributed by atoms with Gasteiger partial charge in [-0.3, -0.25) is 0 Å². The molecule has 0 N–H and O–H groups in total. The Bertz CT molecular complexity index is 1590. The third-order valence-electron chi connectivity index (χ3n) is 6.27. The van der Waals surface area contributed by atoms with Crippen molar-refractivity contribution in [3.63, 3.8) is 0 Å². The van der Waals surface area contributed by atoms with Crippen molar-refractivity contribution in [2.24, 2.45) is 0 Å². The molecule has 0 radical (unpaired) electrons. The van der Waals surface area contributed by atoms with E-state index in [1.807, 2.05) is 11.3 Å². The number of benzene rings is 4. The third-order valence-corrected chi connectivity index (χ3v) is 7.39. The molecule has 4 aromatic carbocycles. The Morgan fingerprint density at radius 3 is 1.00 bits per heavy atom. The first-order chi connectivity index (χ1) is 16.4. The van der Waals surface area contributed by atoms with Crippen LogP contribution in [0.3, 0.4) is 0 Å². The lowest BCUT2D eigenvalue weighted by atomic mass is 10.0. The summed E-state index contributed by atoms with van der Waals surface area (Å²) in [7, 11) is 0. The molecule has 2 nitrogen and oxygen atoms in total. The highest BCUT2D eigenvalue weighted by Crippen LogP contribution is 2.44. The van der Waals surface area contributed by atoms with Crippen LogP contribution in [-0.2, 0) is 0 Å². The van der Waals surface area contributed by atoms with Crippen LogP contribution in [0.1, 0.15) is 0 Å². The molecule has 0 unspecified atom stereocenters. The Kier molecular flexibility index (Phi) is 4.05. The molecule has 3 heteroatoms. The van der Waals surface area contributed by atoms with Gasteiger partial charge in [0.15, 0.2) is 0 Å². The van der Waals surface area contributed by atoms with E-state index in [0.717, 1.165) is 22.1 Å². The lowest BCUT2D eigenvalue weighted by Crippen LogP contribution is -1.87. The minimum atomic E-state index is 1.03. The second kappa shape index (κ2) is 7.22. The zero-order valence-electron chi connectivity index (χ0n) is 17.7. The summed E-state index contributed by atoms with van der Waals surface area (Å²) in [4.78, 5) is 12.3. The maximum atomic E-state index is 4.91. The van der Waals surface area contributed by atoms with Crippen LogP contribution in [0.15, 0.2) is 109 Å². The summed E-state index contributed by atoms with van der Waals surface area (Å²) in [6, 6.07) is 38.3. The van der Waals surface area contributed by atoms with Crippen molar-refractivity contribution in [1.82, 2.24) is 9.97 Å². The number of rotatable bonds is 2. The minimum Gasteiger partial charge on any atom is -0.248 e. The molecule has 0 saturated carbocycles. The Morgan fingerprint density at radius 1 is 0.364 bits per heavy atom. The van der Waals surface area contributed by atoms with Gasteiger partial charge >= 0.3 is 0 Å². The molecular weight excluding hydrogens is 420 g/mol. The highest BCUT2D eigenvalue weighted by molar-refractivity contribution is 7.19. The van der Waals surface area contributed by atoms with E-state index >= 15 is 0 Å². The van der Waals surface area contributed by atoms with Crippen molar-refractivity contribution in [3.05, 3.63) is 109 Å². The molecule has 0 aliphatic rings. The van der Waals surface area contributed by atoms with Gasteiger partial charge in [-0.1, -0.05) is 72.8 Å². The van der Waals surface area contributed by atoms with Crippen molar-refractivity contribution in [1.29, 1.82) is 0 Å². The quantitative estimate of drug-likeness (QED) is 0.253. The maximum absolute atomic E-state index is 4.91. The fraction of sp³-hybridized carbons (Fsp3) is 0. The molecule has 0 fully saturated rings. The number of hydrogen-bond donors (Lipinski definition) is 0.